The van der Waals surface area contributed by atoms with Gasteiger partial charge in [0, 0.05) is 36.9 Å². The van der Waals surface area contributed by atoms with E-state index in [-0.39, 0.29) is 11.9 Å². The fraction of sp³-hybridized carbons (Fsp3) is 0.320. The Morgan fingerprint density at radius 1 is 1.16 bits per heavy atom. The van der Waals surface area contributed by atoms with Crippen LogP contribution in [-0.2, 0) is 11.2 Å². The van der Waals surface area contributed by atoms with Crippen LogP contribution in [0.15, 0.2) is 60.9 Å². The van der Waals surface area contributed by atoms with Crippen LogP contribution in [0.25, 0.3) is 0 Å². The number of ether oxygens (including phenoxy) is 2. The first-order valence-electron chi connectivity index (χ1n) is 10.7. The number of likely N-dealkylation sites (tertiary alicyclic amines) is 1. The molecule has 1 aromatic heterocycles. The highest BCUT2D eigenvalue weighted by atomic mass is 35.5. The van der Waals surface area contributed by atoms with E-state index in [2.05, 4.69) is 4.98 Å². The minimum atomic E-state index is -0.0769. The maximum Gasteiger partial charge on any atom is 0.254 e. The van der Waals surface area contributed by atoms with Gasteiger partial charge in [0.05, 0.1) is 30.2 Å². The first-order chi connectivity index (χ1) is 15.6. The second-order valence-electron chi connectivity index (χ2n) is 7.76. The van der Waals surface area contributed by atoms with Crippen molar-refractivity contribution in [2.75, 3.05) is 26.9 Å². The van der Waals surface area contributed by atoms with Gasteiger partial charge in [-0.1, -0.05) is 23.7 Å². The molecule has 0 bridgehead atoms. The second kappa shape index (κ2) is 10.6. The number of amides is 1. The van der Waals surface area contributed by atoms with Gasteiger partial charge in [0.25, 0.3) is 5.91 Å². The van der Waals surface area contributed by atoms with E-state index in [4.69, 9.17) is 26.1 Å². The van der Waals surface area contributed by atoms with Crippen molar-refractivity contribution in [2.24, 2.45) is 0 Å². The highest BCUT2D eigenvalue weighted by molar-refractivity contribution is 6.30. The number of benzene rings is 2. The van der Waals surface area contributed by atoms with E-state index in [1.165, 1.54) is 0 Å². The molecule has 1 aliphatic heterocycles. The van der Waals surface area contributed by atoms with Gasteiger partial charge < -0.3 is 14.4 Å². The monoisotopic (exact) mass is 451 g/mol. The Morgan fingerprint density at radius 2 is 2.00 bits per heavy atom. The molecule has 0 saturated carbocycles. The van der Waals surface area contributed by atoms with E-state index in [9.17, 15) is 4.79 Å². The summed E-state index contributed by atoms with van der Waals surface area (Å²) in [5.41, 5.74) is 3.41. The molecule has 1 atom stereocenters. The van der Waals surface area contributed by atoms with Crippen LogP contribution >= 0.6 is 11.6 Å². The molecule has 0 aliphatic carbocycles. The van der Waals surface area contributed by atoms with Crippen LogP contribution in [0.2, 0.25) is 5.02 Å². The molecular formula is C25H26ClN3O3. The fourth-order valence-corrected chi connectivity index (χ4v) is 4.16. The lowest BCUT2D eigenvalue weighted by Crippen LogP contribution is -2.31. The fourth-order valence-electron chi connectivity index (χ4n) is 3.94. The van der Waals surface area contributed by atoms with Gasteiger partial charge in [0.15, 0.2) is 0 Å². The smallest absolute Gasteiger partial charge is 0.254 e. The van der Waals surface area contributed by atoms with Crippen molar-refractivity contribution >= 4 is 17.5 Å². The lowest BCUT2D eigenvalue weighted by atomic mass is 10.1. The minimum Gasteiger partial charge on any atom is -0.491 e. The zero-order chi connectivity index (χ0) is 22.3. The van der Waals surface area contributed by atoms with Gasteiger partial charge in [-0.25, -0.2) is 0 Å². The quantitative estimate of drug-likeness (QED) is 0.463. The van der Waals surface area contributed by atoms with Gasteiger partial charge in [0.2, 0.25) is 0 Å². The average molecular weight is 452 g/mol. The summed E-state index contributed by atoms with van der Waals surface area (Å²) in [5.74, 6) is 0.717. The average Bonchev–Trinajstić information content (AvgIpc) is 3.30. The predicted molar refractivity (Wildman–Crippen MR) is 123 cm³/mol. The molecule has 1 amide bonds. The van der Waals surface area contributed by atoms with Crippen LogP contribution in [-0.4, -0.2) is 47.6 Å². The Morgan fingerprint density at radius 3 is 2.78 bits per heavy atom. The van der Waals surface area contributed by atoms with Crippen molar-refractivity contribution in [1.82, 2.24) is 14.9 Å². The van der Waals surface area contributed by atoms with Gasteiger partial charge in [-0.15, -0.1) is 0 Å². The molecule has 0 spiro atoms. The number of aromatic nitrogens is 2. The zero-order valence-electron chi connectivity index (χ0n) is 18.0. The number of methoxy groups -OCH3 is 1. The third kappa shape index (κ3) is 5.44. The van der Waals surface area contributed by atoms with Crippen LogP contribution in [0.5, 0.6) is 5.75 Å². The Labute approximate surface area is 193 Å². The number of halogens is 1. The lowest BCUT2D eigenvalue weighted by Gasteiger charge is -2.24. The summed E-state index contributed by atoms with van der Waals surface area (Å²) in [5, 5.41) is 0.703. The molecule has 1 saturated heterocycles. The molecule has 0 radical (unpaired) electrons. The Hall–Kier alpha value is -2.96. The lowest BCUT2D eigenvalue weighted by molar-refractivity contribution is 0.0732. The number of carbonyl (C=O) groups excluding carboxylic acids is 1. The van der Waals surface area contributed by atoms with Gasteiger partial charge in [-0.2, -0.15) is 0 Å². The topological polar surface area (TPSA) is 64.6 Å². The van der Waals surface area contributed by atoms with Crippen molar-refractivity contribution in [1.29, 1.82) is 0 Å². The molecule has 4 rings (SSSR count). The Bertz CT molecular complexity index is 1060. The molecular weight excluding hydrogens is 426 g/mol. The molecule has 6 nitrogen and oxygen atoms in total. The number of carbonyl (C=O) groups is 1. The third-order valence-corrected chi connectivity index (χ3v) is 5.72. The van der Waals surface area contributed by atoms with E-state index in [1.54, 1.807) is 31.6 Å². The molecule has 3 aromatic rings. The van der Waals surface area contributed by atoms with Gasteiger partial charge in [-0.05, 0) is 54.8 Å². The van der Waals surface area contributed by atoms with Crippen molar-refractivity contribution in [3.8, 4) is 5.75 Å². The highest BCUT2D eigenvalue weighted by Gasteiger charge is 2.32. The number of rotatable bonds is 8. The normalized spacial score (nSPS) is 15.7. The molecule has 166 valence electrons. The predicted octanol–water partition coefficient (Wildman–Crippen LogP) is 4.72. The van der Waals surface area contributed by atoms with Crippen molar-refractivity contribution in [2.45, 2.75) is 25.3 Å². The maximum absolute atomic E-state index is 13.2. The van der Waals surface area contributed by atoms with Gasteiger partial charge >= 0.3 is 0 Å². The number of hydrogen-bond acceptors (Lipinski definition) is 5. The maximum atomic E-state index is 13.2. The van der Waals surface area contributed by atoms with Crippen LogP contribution in [0.3, 0.4) is 0 Å². The second-order valence-corrected chi connectivity index (χ2v) is 8.20. The molecule has 2 heterocycles. The molecule has 7 heteroatoms. The molecule has 2 aromatic carbocycles. The molecule has 1 aliphatic rings. The summed E-state index contributed by atoms with van der Waals surface area (Å²) in [4.78, 5) is 24.3. The molecule has 32 heavy (non-hydrogen) atoms. The van der Waals surface area contributed by atoms with Crippen LogP contribution in [0, 0.1) is 0 Å². The largest absolute Gasteiger partial charge is 0.491 e. The van der Waals surface area contributed by atoms with E-state index in [0.29, 0.717) is 36.8 Å². The van der Waals surface area contributed by atoms with Crippen LogP contribution in [0.4, 0.5) is 0 Å². The highest BCUT2D eigenvalue weighted by Crippen LogP contribution is 2.32. The summed E-state index contributed by atoms with van der Waals surface area (Å²) in [6.45, 7) is 1.70. The molecule has 1 fully saturated rings. The number of hydrogen-bond donors (Lipinski definition) is 0. The van der Waals surface area contributed by atoms with Gasteiger partial charge in [0.1, 0.15) is 12.4 Å². The van der Waals surface area contributed by atoms with E-state index >= 15 is 0 Å². The van der Waals surface area contributed by atoms with Gasteiger partial charge in [-0.3, -0.25) is 14.8 Å². The Kier molecular flexibility index (Phi) is 7.35. The summed E-state index contributed by atoms with van der Waals surface area (Å²) in [6.07, 6.45) is 6.00. The van der Waals surface area contributed by atoms with E-state index < -0.39 is 0 Å². The summed E-state index contributed by atoms with van der Waals surface area (Å²) in [7, 11) is 1.63. The molecule has 0 N–H and O–H groups in total. The Balaban J connectivity index is 1.47. The summed E-state index contributed by atoms with van der Waals surface area (Å²) < 4.78 is 10.6. The summed E-state index contributed by atoms with van der Waals surface area (Å²) in [6, 6.07) is 14.9. The van der Waals surface area contributed by atoms with Crippen LogP contribution in [0.1, 0.15) is 46.2 Å². The first-order valence-corrected chi connectivity index (χ1v) is 11.1. The van der Waals surface area contributed by atoms with Crippen molar-refractivity contribution in [3.63, 3.8) is 0 Å². The minimum absolute atomic E-state index is 0.00187. The van der Waals surface area contributed by atoms with E-state index in [1.807, 2.05) is 41.3 Å². The van der Waals surface area contributed by atoms with Crippen molar-refractivity contribution in [3.05, 3.63) is 88.5 Å². The third-order valence-electron chi connectivity index (χ3n) is 5.49. The summed E-state index contributed by atoms with van der Waals surface area (Å²) >= 11 is 6.11. The van der Waals surface area contributed by atoms with E-state index in [0.717, 1.165) is 35.5 Å². The first kappa shape index (κ1) is 22.2. The zero-order valence-corrected chi connectivity index (χ0v) is 18.8. The van der Waals surface area contributed by atoms with Crippen molar-refractivity contribution < 1.29 is 14.3 Å². The SMILES string of the molecule is COCCOc1ccc(C(=O)N2CCCC2c2cncc(Cc3cccc(Cl)c3)n2)cc1. The standard InChI is InChI=1S/C25H26ClN3O3/c1-31-12-13-32-22-9-7-19(8-10-22)25(30)29-11-3-6-24(29)23-17-27-16-21(28-23)15-18-4-2-5-20(26)14-18/h2,4-5,7-10,14,16-17,24H,3,6,11-13,15H2,1H3. The number of nitrogens with zero attached hydrogens (tertiary/aromatic N) is 3. The van der Waals surface area contributed by atoms with Crippen LogP contribution < -0.4 is 4.74 Å². The molecule has 1 unspecified atom stereocenters.